The fourth-order valence-electron chi connectivity index (χ4n) is 4.17. The molecule has 0 aromatic rings. The number of carbonyl (C=O) groups is 6. The van der Waals surface area contributed by atoms with Crippen molar-refractivity contribution < 1.29 is 52.8 Å². The Kier molecular flexibility index (Phi) is 19.8. The summed E-state index contributed by atoms with van der Waals surface area (Å²) in [5, 5.41) is 11.7. The van der Waals surface area contributed by atoms with E-state index >= 15 is 0 Å². The molecule has 1 atom stereocenters. The van der Waals surface area contributed by atoms with Crippen molar-refractivity contribution in [3.63, 3.8) is 0 Å². The molecule has 1 aliphatic heterocycles. The second kappa shape index (κ2) is 22.4. The zero-order valence-corrected chi connectivity index (χ0v) is 26.4. The van der Waals surface area contributed by atoms with Crippen LogP contribution in [0.2, 0.25) is 0 Å². The molecular weight excluding hydrogens is 576 g/mol. The van der Waals surface area contributed by atoms with E-state index in [-0.39, 0.29) is 43.0 Å². The van der Waals surface area contributed by atoms with E-state index in [0.717, 1.165) is 12.8 Å². The molecule has 13 heteroatoms. The molecule has 1 aliphatic rings. The van der Waals surface area contributed by atoms with Gasteiger partial charge in [0.1, 0.15) is 24.0 Å². The predicted molar refractivity (Wildman–Crippen MR) is 160 cm³/mol. The molecule has 3 amide bonds. The van der Waals surface area contributed by atoms with E-state index in [1.807, 2.05) is 0 Å². The van der Waals surface area contributed by atoms with Crippen molar-refractivity contribution >= 4 is 35.4 Å². The quantitative estimate of drug-likeness (QED) is 0.106. The van der Waals surface area contributed by atoms with Crippen molar-refractivity contribution in [1.82, 2.24) is 10.2 Å². The van der Waals surface area contributed by atoms with Crippen molar-refractivity contribution in [3.05, 3.63) is 12.2 Å². The maximum absolute atomic E-state index is 12.0. The van der Waals surface area contributed by atoms with Crippen molar-refractivity contribution in [3.8, 4) is 0 Å². The summed E-state index contributed by atoms with van der Waals surface area (Å²) < 4.78 is 21.3. The first-order valence-corrected chi connectivity index (χ1v) is 15.4. The lowest BCUT2D eigenvalue weighted by atomic mass is 10.1. The third-order valence-electron chi connectivity index (χ3n) is 6.43. The molecule has 0 aromatic carbocycles. The summed E-state index contributed by atoms with van der Waals surface area (Å²) in [7, 11) is 0. The van der Waals surface area contributed by atoms with E-state index in [1.165, 1.54) is 17.1 Å². The van der Waals surface area contributed by atoms with Crippen LogP contribution >= 0.6 is 0 Å². The van der Waals surface area contributed by atoms with Crippen LogP contribution < -0.4 is 5.32 Å². The first-order valence-electron chi connectivity index (χ1n) is 15.4. The van der Waals surface area contributed by atoms with Crippen molar-refractivity contribution in [2.75, 3.05) is 46.2 Å². The Hall–Kier alpha value is -3.16. The minimum atomic E-state index is -1.13. The largest absolute Gasteiger partial charge is 0.480 e. The number of ether oxygens (including phenoxy) is 4. The van der Waals surface area contributed by atoms with Gasteiger partial charge in [-0.3, -0.25) is 24.1 Å². The van der Waals surface area contributed by atoms with Gasteiger partial charge in [-0.1, -0.05) is 19.3 Å². The summed E-state index contributed by atoms with van der Waals surface area (Å²) in [4.78, 5) is 71.2. The SMILES string of the molecule is CC(C)(C)OC(=O)NC(CCCCCC(=O)COCCOCCOCCCC(=O)CCCCCN1C(=O)C=CC1=O)C(=O)O. The van der Waals surface area contributed by atoms with Crippen molar-refractivity contribution in [2.45, 2.75) is 103 Å². The van der Waals surface area contributed by atoms with Crippen molar-refractivity contribution in [1.29, 1.82) is 0 Å². The number of ketones is 2. The van der Waals surface area contributed by atoms with Crippen LogP contribution in [0.4, 0.5) is 4.79 Å². The first-order chi connectivity index (χ1) is 20.9. The second-order valence-corrected chi connectivity index (χ2v) is 11.6. The lowest BCUT2D eigenvalue weighted by Gasteiger charge is -2.22. The summed E-state index contributed by atoms with van der Waals surface area (Å²) in [6, 6.07) is -1.04. The molecule has 1 rings (SSSR count). The highest BCUT2D eigenvalue weighted by atomic mass is 16.6. The standard InChI is InChI=1S/C31H50N2O11/c1-31(2,3)44-30(40)32-26(29(38)39)14-8-4-6-12-25(35)23-43-22-21-42-20-19-41-18-10-13-24(34)11-7-5-9-17-33-27(36)15-16-28(33)37/h15-16,26H,4-14,17-23H2,1-3H3,(H,32,40)(H,38,39). The zero-order chi connectivity index (χ0) is 32.8. The Morgan fingerprint density at radius 2 is 1.30 bits per heavy atom. The number of carboxylic acid groups (broad SMARTS) is 1. The topological polar surface area (TPSA) is 175 Å². The molecule has 0 saturated heterocycles. The minimum Gasteiger partial charge on any atom is -0.480 e. The number of alkyl carbamates (subject to hydrolysis) is 1. The molecule has 0 bridgehead atoms. The van der Waals surface area contributed by atoms with Gasteiger partial charge in [-0.05, 0) is 52.9 Å². The van der Waals surface area contributed by atoms with Crippen molar-refractivity contribution in [2.24, 2.45) is 0 Å². The van der Waals surface area contributed by atoms with E-state index in [0.29, 0.717) is 84.3 Å². The number of nitrogens with one attached hydrogen (secondary N) is 1. The number of nitrogens with zero attached hydrogens (tertiary/aromatic N) is 1. The highest BCUT2D eigenvalue weighted by molar-refractivity contribution is 6.12. The Labute approximate surface area is 260 Å². The number of Topliss-reactive ketones (excluding diaryl/α,β-unsaturated/α-hetero) is 2. The summed E-state index contributed by atoms with van der Waals surface area (Å²) in [5.41, 5.74) is -0.717. The zero-order valence-electron chi connectivity index (χ0n) is 26.4. The van der Waals surface area contributed by atoms with Gasteiger partial charge in [-0.2, -0.15) is 0 Å². The number of hydrogen-bond acceptors (Lipinski definition) is 10. The molecule has 2 N–H and O–H groups in total. The number of carboxylic acids is 1. The molecule has 1 heterocycles. The Bertz CT molecular complexity index is 941. The molecule has 0 spiro atoms. The van der Waals surface area contributed by atoms with Gasteiger partial charge in [-0.25, -0.2) is 9.59 Å². The average molecular weight is 627 g/mol. The van der Waals surface area contributed by atoms with Gasteiger partial charge in [0, 0.05) is 44.6 Å². The lowest BCUT2D eigenvalue weighted by Crippen LogP contribution is -2.43. The van der Waals surface area contributed by atoms with Crippen LogP contribution in [0.1, 0.15) is 91.4 Å². The number of aliphatic carboxylic acids is 1. The number of carbonyl (C=O) groups excluding carboxylic acids is 5. The van der Waals surface area contributed by atoms with E-state index in [2.05, 4.69) is 5.32 Å². The highest BCUT2D eigenvalue weighted by Crippen LogP contribution is 2.11. The fraction of sp³-hybridized carbons (Fsp3) is 0.742. The highest BCUT2D eigenvalue weighted by Gasteiger charge is 2.24. The van der Waals surface area contributed by atoms with Crippen LogP contribution in [0.15, 0.2) is 12.2 Å². The third-order valence-corrected chi connectivity index (χ3v) is 6.43. The number of hydrogen-bond donors (Lipinski definition) is 2. The molecule has 0 aliphatic carbocycles. The normalized spacial score (nSPS) is 13.8. The molecule has 0 fully saturated rings. The van der Waals surface area contributed by atoms with E-state index in [9.17, 15) is 33.9 Å². The maximum Gasteiger partial charge on any atom is 0.408 e. The van der Waals surface area contributed by atoms with Gasteiger partial charge in [0.2, 0.25) is 0 Å². The molecule has 13 nitrogen and oxygen atoms in total. The number of rotatable bonds is 26. The maximum atomic E-state index is 12.0. The van der Waals surface area contributed by atoms with Gasteiger partial charge in [0.05, 0.1) is 26.4 Å². The fourth-order valence-corrected chi connectivity index (χ4v) is 4.17. The Balaban J connectivity index is 1.89. The molecule has 250 valence electrons. The minimum absolute atomic E-state index is 0.0128. The second-order valence-electron chi connectivity index (χ2n) is 11.6. The summed E-state index contributed by atoms with van der Waals surface area (Å²) in [5.74, 6) is -1.56. The molecule has 0 aromatic heterocycles. The van der Waals surface area contributed by atoms with Crippen LogP contribution in [0.3, 0.4) is 0 Å². The molecule has 0 saturated carbocycles. The molecule has 44 heavy (non-hydrogen) atoms. The number of amides is 3. The van der Waals surface area contributed by atoms with Gasteiger partial charge in [0.25, 0.3) is 11.8 Å². The Morgan fingerprint density at radius 3 is 1.91 bits per heavy atom. The first kappa shape index (κ1) is 38.9. The lowest BCUT2D eigenvalue weighted by molar-refractivity contribution is -0.140. The molecular formula is C31H50N2O11. The molecule has 1 unspecified atom stereocenters. The summed E-state index contributed by atoms with van der Waals surface area (Å²) >= 11 is 0. The van der Waals surface area contributed by atoms with Crippen LogP contribution in [0.5, 0.6) is 0 Å². The van der Waals surface area contributed by atoms with Gasteiger partial charge >= 0.3 is 12.1 Å². The number of unbranched alkanes of at least 4 members (excludes halogenated alkanes) is 4. The van der Waals surface area contributed by atoms with Crippen LogP contribution in [0, 0.1) is 0 Å². The predicted octanol–water partition coefficient (Wildman–Crippen LogP) is 3.37. The smallest absolute Gasteiger partial charge is 0.408 e. The number of imide groups is 1. The van der Waals surface area contributed by atoms with E-state index < -0.39 is 23.7 Å². The Morgan fingerprint density at radius 1 is 0.750 bits per heavy atom. The van der Waals surface area contributed by atoms with E-state index in [1.54, 1.807) is 20.8 Å². The third kappa shape index (κ3) is 19.9. The van der Waals surface area contributed by atoms with Gasteiger partial charge in [-0.15, -0.1) is 0 Å². The van der Waals surface area contributed by atoms with Crippen LogP contribution in [-0.4, -0.2) is 103 Å². The summed E-state index contributed by atoms with van der Waals surface area (Å²) in [6.07, 6.45) is 7.90. The van der Waals surface area contributed by atoms with Gasteiger partial charge < -0.3 is 29.4 Å². The van der Waals surface area contributed by atoms with E-state index in [4.69, 9.17) is 18.9 Å². The monoisotopic (exact) mass is 626 g/mol. The summed E-state index contributed by atoms with van der Waals surface area (Å²) in [6.45, 7) is 7.30. The van der Waals surface area contributed by atoms with Gasteiger partial charge in [0.15, 0.2) is 5.78 Å². The molecule has 0 radical (unpaired) electrons. The average Bonchev–Trinajstić information content (AvgIpc) is 3.26. The van der Waals surface area contributed by atoms with Crippen LogP contribution in [-0.2, 0) is 42.9 Å². The van der Waals surface area contributed by atoms with Crippen LogP contribution in [0.25, 0.3) is 0 Å².